The highest BCUT2D eigenvalue weighted by Crippen LogP contribution is 2.43. The van der Waals surface area contributed by atoms with E-state index in [1.54, 1.807) is 0 Å². The van der Waals surface area contributed by atoms with Crippen molar-refractivity contribution in [3.63, 3.8) is 0 Å². The average molecular weight is 837 g/mol. The van der Waals surface area contributed by atoms with Crippen LogP contribution in [0.3, 0.4) is 0 Å². The van der Waals surface area contributed by atoms with Crippen LogP contribution in [-0.2, 0) is 32.7 Å². The molecule has 12 nitrogen and oxygen atoms in total. The van der Waals surface area contributed by atoms with Gasteiger partial charge >= 0.3 is 19.8 Å². The number of carbonyl (C=O) groups is 2. The fourth-order valence-electron chi connectivity index (χ4n) is 6.30. The maximum atomic E-state index is 12.7. The fraction of sp³-hybridized carbons (Fsp3) is 0.909. The van der Waals surface area contributed by atoms with E-state index in [9.17, 15) is 34.4 Å². The quantitative estimate of drug-likeness (QED) is 0.0152. The van der Waals surface area contributed by atoms with E-state index in [2.05, 4.69) is 13.8 Å². The number of quaternary nitrogens is 1. The van der Waals surface area contributed by atoms with Crippen molar-refractivity contribution in [1.82, 2.24) is 0 Å². The molecule has 0 fully saturated rings. The Bertz CT molecular complexity index is 1040. The zero-order valence-corrected chi connectivity index (χ0v) is 37.8. The molecular weight excluding hydrogens is 749 g/mol. The predicted octanol–water partition coefficient (Wildman–Crippen LogP) is 9.49. The number of unbranched alkanes of at least 4 members (excludes halogenated alkanes) is 20. The van der Waals surface area contributed by atoms with Crippen molar-refractivity contribution in [2.24, 2.45) is 0 Å². The summed E-state index contributed by atoms with van der Waals surface area (Å²) in [7, 11) is 1.36. The van der Waals surface area contributed by atoms with Gasteiger partial charge in [-0.2, -0.15) is 0 Å². The molecule has 0 aliphatic heterocycles. The minimum Gasteiger partial charge on any atom is -0.462 e. The molecule has 0 heterocycles. The lowest BCUT2D eigenvalue weighted by molar-refractivity contribution is -0.870. The van der Waals surface area contributed by atoms with Crippen molar-refractivity contribution >= 4 is 19.8 Å². The normalized spacial score (nSPS) is 15.3. The Labute approximate surface area is 347 Å². The molecule has 0 aromatic heterocycles. The second-order valence-corrected chi connectivity index (χ2v) is 18.4. The van der Waals surface area contributed by atoms with Gasteiger partial charge in [-0.05, 0) is 25.7 Å². The van der Waals surface area contributed by atoms with Crippen LogP contribution in [0.2, 0.25) is 0 Å². The summed E-state index contributed by atoms with van der Waals surface area (Å²) < 4.78 is 34.2. The largest absolute Gasteiger partial charge is 0.472 e. The van der Waals surface area contributed by atoms with Gasteiger partial charge in [-0.25, -0.2) is 4.57 Å². The summed E-state index contributed by atoms with van der Waals surface area (Å²) in [6.45, 7) is 4.07. The summed E-state index contributed by atoms with van der Waals surface area (Å²) in [5.41, 5.74) is 0. The summed E-state index contributed by atoms with van der Waals surface area (Å²) in [6, 6.07) is 0. The van der Waals surface area contributed by atoms with E-state index in [-0.39, 0.29) is 26.1 Å². The Morgan fingerprint density at radius 2 is 1.05 bits per heavy atom. The van der Waals surface area contributed by atoms with E-state index in [1.807, 2.05) is 21.1 Å². The number of rotatable bonds is 41. The van der Waals surface area contributed by atoms with Crippen LogP contribution in [0.15, 0.2) is 12.2 Å². The van der Waals surface area contributed by atoms with Crippen molar-refractivity contribution in [1.29, 1.82) is 0 Å². The van der Waals surface area contributed by atoms with Gasteiger partial charge in [-0.1, -0.05) is 161 Å². The van der Waals surface area contributed by atoms with Crippen LogP contribution in [0.5, 0.6) is 0 Å². The van der Waals surface area contributed by atoms with Crippen molar-refractivity contribution in [3.8, 4) is 0 Å². The topological polar surface area (TPSA) is 169 Å². The summed E-state index contributed by atoms with van der Waals surface area (Å²) in [5.74, 6) is -0.925. The van der Waals surface area contributed by atoms with Gasteiger partial charge in [0.1, 0.15) is 19.8 Å². The maximum Gasteiger partial charge on any atom is 0.472 e. The molecule has 57 heavy (non-hydrogen) atoms. The smallest absolute Gasteiger partial charge is 0.462 e. The molecule has 0 spiro atoms. The molecule has 338 valence electrons. The van der Waals surface area contributed by atoms with Gasteiger partial charge in [0.15, 0.2) is 6.10 Å². The van der Waals surface area contributed by atoms with Crippen LogP contribution in [0.4, 0.5) is 0 Å². The number of aliphatic hydroxyl groups excluding tert-OH is 3. The molecule has 0 radical (unpaired) electrons. The van der Waals surface area contributed by atoms with E-state index in [4.69, 9.17) is 18.5 Å². The van der Waals surface area contributed by atoms with Crippen LogP contribution < -0.4 is 0 Å². The lowest BCUT2D eigenvalue weighted by Gasteiger charge is -2.24. The number of phosphoric acid groups is 1. The zero-order chi connectivity index (χ0) is 42.6. The Kier molecular flexibility index (Phi) is 35.6. The third-order valence-corrected chi connectivity index (χ3v) is 11.0. The second kappa shape index (κ2) is 36.5. The molecule has 0 saturated carbocycles. The van der Waals surface area contributed by atoms with E-state index >= 15 is 0 Å². The minimum atomic E-state index is -4.42. The summed E-state index contributed by atoms with van der Waals surface area (Å²) in [6.07, 6.45) is 26.1. The number of hydrogen-bond acceptors (Lipinski definition) is 10. The van der Waals surface area contributed by atoms with Crippen LogP contribution in [-0.4, -0.2) is 109 Å². The maximum absolute atomic E-state index is 12.7. The van der Waals surface area contributed by atoms with Gasteiger partial charge in [0.2, 0.25) is 0 Å². The van der Waals surface area contributed by atoms with Gasteiger partial charge in [-0.3, -0.25) is 18.6 Å². The number of phosphoric ester groups is 1. The van der Waals surface area contributed by atoms with E-state index in [1.165, 1.54) is 82.8 Å². The molecule has 0 saturated heterocycles. The molecule has 5 atom stereocenters. The van der Waals surface area contributed by atoms with Crippen molar-refractivity contribution < 1.29 is 57.4 Å². The molecule has 13 heteroatoms. The number of nitrogens with zero attached hydrogens (tertiary/aromatic N) is 1. The first-order chi connectivity index (χ1) is 27.2. The molecule has 4 N–H and O–H groups in total. The van der Waals surface area contributed by atoms with Crippen molar-refractivity contribution in [2.45, 2.75) is 212 Å². The number of esters is 2. The van der Waals surface area contributed by atoms with Gasteiger partial charge in [-0.15, -0.1) is 0 Å². The molecule has 0 bridgehead atoms. The molecule has 0 aliphatic rings. The molecule has 0 aromatic rings. The lowest BCUT2D eigenvalue weighted by atomic mass is 10.0. The number of hydrogen-bond donors (Lipinski definition) is 4. The lowest BCUT2D eigenvalue weighted by Crippen LogP contribution is -2.37. The van der Waals surface area contributed by atoms with Crippen LogP contribution >= 0.6 is 7.82 Å². The van der Waals surface area contributed by atoms with E-state index in [0.29, 0.717) is 36.7 Å². The molecular formula is C44H87NO11P+. The molecule has 0 aliphatic carbocycles. The van der Waals surface area contributed by atoms with E-state index in [0.717, 1.165) is 64.2 Å². The molecule has 5 unspecified atom stereocenters. The second-order valence-electron chi connectivity index (χ2n) is 16.9. The SMILES string of the molecule is CCCCCCCCCCCCCCCCCC(=O)OCC(COP(=O)(O)OCC[N+](C)(C)C)OC(=O)CCCCCCCC(O)/C=C/C(O)C(O)CCCCC. The summed E-state index contributed by atoms with van der Waals surface area (Å²) >= 11 is 0. The minimum absolute atomic E-state index is 0.00190. The molecule has 0 aromatic carbocycles. The predicted molar refractivity (Wildman–Crippen MR) is 229 cm³/mol. The number of likely N-dealkylation sites (N-methyl/N-ethyl adjacent to an activating group) is 1. The highest BCUT2D eigenvalue weighted by Gasteiger charge is 2.27. The Hall–Kier alpha value is -1.37. The summed E-state index contributed by atoms with van der Waals surface area (Å²) in [4.78, 5) is 35.4. The number of ether oxygens (including phenoxy) is 2. The van der Waals surface area contributed by atoms with Gasteiger partial charge in [0.05, 0.1) is 46.1 Å². The van der Waals surface area contributed by atoms with Gasteiger partial charge in [0.25, 0.3) is 0 Å². The van der Waals surface area contributed by atoms with Gasteiger partial charge in [0, 0.05) is 12.8 Å². The first kappa shape index (κ1) is 55.6. The molecule has 0 amide bonds. The third-order valence-electron chi connectivity index (χ3n) is 10.1. The average Bonchev–Trinajstić information content (AvgIpc) is 3.15. The van der Waals surface area contributed by atoms with Crippen LogP contribution in [0.25, 0.3) is 0 Å². The highest BCUT2D eigenvalue weighted by molar-refractivity contribution is 7.47. The molecule has 0 rings (SSSR count). The standard InChI is InChI=1S/C44H86NO11P/c1-6-8-10-11-12-13-14-15-16-17-18-19-20-23-27-31-43(49)53-37-40(38-55-57(51,52)54-36-35-45(3,4)5)56-44(50)32-28-24-21-22-26-29-39(46)33-34-42(48)41(47)30-25-9-7-2/h33-34,39-42,46-48H,6-32,35-38H2,1-5H3/p+1/b34-33+. The Morgan fingerprint density at radius 3 is 1.58 bits per heavy atom. The highest BCUT2D eigenvalue weighted by atomic mass is 31.2. The monoisotopic (exact) mass is 837 g/mol. The summed E-state index contributed by atoms with van der Waals surface area (Å²) in [5, 5.41) is 30.3. The number of aliphatic hydroxyl groups is 3. The Morgan fingerprint density at radius 1 is 0.596 bits per heavy atom. The first-order valence-electron chi connectivity index (χ1n) is 22.7. The number of carbonyl (C=O) groups excluding carboxylic acids is 2. The third kappa shape index (κ3) is 38.6. The van der Waals surface area contributed by atoms with Gasteiger partial charge < -0.3 is 34.2 Å². The first-order valence-corrected chi connectivity index (χ1v) is 24.2. The Balaban J connectivity index is 4.48. The van der Waals surface area contributed by atoms with Crippen LogP contribution in [0, 0.1) is 0 Å². The van der Waals surface area contributed by atoms with Crippen LogP contribution in [0.1, 0.15) is 187 Å². The fourth-order valence-corrected chi connectivity index (χ4v) is 7.04. The zero-order valence-electron chi connectivity index (χ0n) is 36.9. The van der Waals surface area contributed by atoms with Crippen molar-refractivity contribution in [3.05, 3.63) is 12.2 Å². The van der Waals surface area contributed by atoms with Crippen molar-refractivity contribution in [2.75, 3.05) is 47.5 Å². The van der Waals surface area contributed by atoms with E-state index < -0.39 is 50.8 Å².